The Kier molecular flexibility index (Phi) is 12.7. The fourth-order valence-corrected chi connectivity index (χ4v) is 22.8. The zero-order chi connectivity index (χ0) is 28.3. The maximum absolute atomic E-state index is 2.66. The van der Waals surface area contributed by atoms with Crippen LogP contribution in [-0.2, 0) is 22.9 Å². The minimum Gasteiger partial charge on any atom is -1.00 e. The maximum Gasteiger partial charge on any atom is -1.00 e. The summed E-state index contributed by atoms with van der Waals surface area (Å²) in [6, 6.07) is 41.4. The van der Waals surface area contributed by atoms with Crippen molar-refractivity contribution < 1.29 is 47.7 Å². The van der Waals surface area contributed by atoms with E-state index in [2.05, 4.69) is 149 Å². The van der Waals surface area contributed by atoms with Crippen LogP contribution in [0.25, 0.3) is 12.2 Å². The molecule has 0 aliphatic heterocycles. The monoisotopic (exact) mass is 808 g/mol. The van der Waals surface area contributed by atoms with Crippen LogP contribution in [0.2, 0.25) is 0 Å². The summed E-state index contributed by atoms with van der Waals surface area (Å²) in [5.74, 6) is 1.48. The van der Waals surface area contributed by atoms with E-state index in [1.807, 2.05) is 5.31 Å². The quantitative estimate of drug-likeness (QED) is 0.167. The molecular formula is C38H40Cl2HfP2. The van der Waals surface area contributed by atoms with Crippen molar-refractivity contribution in [3.8, 4) is 0 Å². The van der Waals surface area contributed by atoms with Gasteiger partial charge in [-0.2, -0.15) is 0 Å². The Labute approximate surface area is 285 Å². The molecule has 0 heterocycles. The Morgan fingerprint density at radius 3 is 1.40 bits per heavy atom. The number of fused-ring (bicyclic) bond motifs is 2. The van der Waals surface area contributed by atoms with Gasteiger partial charge in [0.05, 0.1) is 0 Å². The minimum atomic E-state index is -1.32. The maximum atomic E-state index is 2.66. The van der Waals surface area contributed by atoms with Crippen LogP contribution in [-0.4, -0.2) is 12.3 Å². The van der Waals surface area contributed by atoms with Crippen LogP contribution in [0.1, 0.15) is 57.3 Å². The second-order valence-corrected chi connectivity index (χ2v) is 22.0. The molecule has 2 aliphatic rings. The molecule has 0 amide bonds. The Morgan fingerprint density at radius 1 is 0.535 bits per heavy atom. The summed E-state index contributed by atoms with van der Waals surface area (Å²) in [6.07, 6.45) is 7.98. The molecule has 4 aromatic carbocycles. The smallest absolute Gasteiger partial charge is 1.00 e. The standard InChI is InChI=1S/C21H16P.C17H24P.2ClH.Hf/c1-3-11-19(12-4-1)22(20-13-5-2-6-14-20)21-15-17-9-7-8-10-18(17)16-21;1-13(2)11-18(12-14(3)4)17-9-15-7-5-6-8-16(15)10-17;;;/h1-16H;5-10,13-14H,11-12H2,1-4H3;2*1H;/q;;;;+2/p-2. The molecule has 5 heteroatoms. The first-order valence-corrected chi connectivity index (χ1v) is 22.2. The van der Waals surface area contributed by atoms with Gasteiger partial charge in [-0.3, -0.25) is 0 Å². The molecule has 6 rings (SSSR count). The summed E-state index contributed by atoms with van der Waals surface area (Å²) in [5, 5.41) is 6.48. The third-order valence-electron chi connectivity index (χ3n) is 7.97. The zero-order valence-corrected chi connectivity index (χ0v) is 32.3. The van der Waals surface area contributed by atoms with Crippen LogP contribution in [0.5, 0.6) is 0 Å². The number of allylic oxidation sites excluding steroid dienone is 2. The average Bonchev–Trinajstić information content (AvgIpc) is 3.52. The molecule has 43 heavy (non-hydrogen) atoms. The van der Waals surface area contributed by atoms with Gasteiger partial charge in [-0.05, 0) is 0 Å². The SMILES string of the molecule is CC(C)CP(CC(C)C)C1=Cc2ccccc2[CH]1[Hf+2][CH]1C(P(c2ccccc2)c2ccccc2)=Cc2ccccc21.[Cl-].[Cl-]. The van der Waals surface area contributed by atoms with E-state index in [0.29, 0.717) is 7.35 Å². The Morgan fingerprint density at radius 2 is 0.930 bits per heavy atom. The summed E-state index contributed by atoms with van der Waals surface area (Å²) in [7, 11) is -0.723. The van der Waals surface area contributed by atoms with E-state index in [0.717, 1.165) is 11.8 Å². The average molecular weight is 808 g/mol. The molecule has 2 aliphatic carbocycles. The molecule has 0 saturated carbocycles. The summed E-state index contributed by atoms with van der Waals surface area (Å²) < 4.78 is 1.28. The van der Waals surface area contributed by atoms with Crippen LogP contribution in [0.4, 0.5) is 0 Å². The predicted octanol–water partition coefficient (Wildman–Crippen LogP) is 4.20. The largest absolute Gasteiger partial charge is 1.00 e. The second-order valence-electron chi connectivity index (χ2n) is 12.1. The van der Waals surface area contributed by atoms with E-state index in [1.54, 1.807) is 16.4 Å². The third-order valence-corrected chi connectivity index (χ3v) is 22.6. The minimum absolute atomic E-state index is 0. The van der Waals surface area contributed by atoms with Gasteiger partial charge in [0.1, 0.15) is 0 Å². The van der Waals surface area contributed by atoms with Gasteiger partial charge in [0.2, 0.25) is 0 Å². The van der Waals surface area contributed by atoms with Crippen molar-refractivity contribution in [2.24, 2.45) is 11.8 Å². The van der Waals surface area contributed by atoms with Crippen molar-refractivity contribution >= 4 is 38.6 Å². The van der Waals surface area contributed by atoms with Gasteiger partial charge in [-0.25, -0.2) is 0 Å². The molecule has 0 fully saturated rings. The number of hydrogen-bond donors (Lipinski definition) is 0. The van der Waals surface area contributed by atoms with Gasteiger partial charge in [0, 0.05) is 0 Å². The number of rotatable bonds is 10. The fraction of sp³-hybridized carbons (Fsp3) is 0.263. The first kappa shape index (κ1) is 34.5. The van der Waals surface area contributed by atoms with Crippen LogP contribution in [0.15, 0.2) is 120 Å². The molecule has 0 saturated heterocycles. The van der Waals surface area contributed by atoms with Crippen molar-refractivity contribution in [2.75, 3.05) is 12.3 Å². The molecular weight excluding hydrogens is 768 g/mol. The zero-order valence-electron chi connectivity index (χ0n) is 25.4. The number of halogens is 2. The number of hydrogen-bond acceptors (Lipinski definition) is 0. The van der Waals surface area contributed by atoms with E-state index in [4.69, 9.17) is 0 Å². The molecule has 2 atom stereocenters. The summed E-state index contributed by atoms with van der Waals surface area (Å²) in [4.78, 5) is 0. The Bertz CT molecular complexity index is 1500. The first-order chi connectivity index (χ1) is 20.0. The van der Waals surface area contributed by atoms with Gasteiger partial charge < -0.3 is 24.8 Å². The Balaban J connectivity index is 0.00000212. The van der Waals surface area contributed by atoms with Gasteiger partial charge in [-0.15, -0.1) is 0 Å². The van der Waals surface area contributed by atoms with Crippen LogP contribution < -0.4 is 35.4 Å². The molecule has 2 unspecified atom stereocenters. The normalized spacial score (nSPS) is 16.7. The summed E-state index contributed by atoms with van der Waals surface area (Å²) >= 11 is -1.32. The summed E-state index contributed by atoms with van der Waals surface area (Å²) in [6.45, 7) is 9.71. The van der Waals surface area contributed by atoms with E-state index >= 15 is 0 Å². The molecule has 0 N–H and O–H groups in total. The van der Waals surface area contributed by atoms with E-state index in [1.165, 1.54) is 34.1 Å². The van der Waals surface area contributed by atoms with Crippen molar-refractivity contribution in [1.82, 2.24) is 0 Å². The molecule has 0 radical (unpaired) electrons. The van der Waals surface area contributed by atoms with Crippen LogP contribution in [0, 0.1) is 11.8 Å². The molecule has 0 aromatic heterocycles. The van der Waals surface area contributed by atoms with Crippen molar-refractivity contribution in [1.29, 1.82) is 0 Å². The van der Waals surface area contributed by atoms with Crippen molar-refractivity contribution in [2.45, 2.75) is 35.0 Å². The third kappa shape index (κ3) is 7.74. The van der Waals surface area contributed by atoms with Gasteiger partial charge in [0.15, 0.2) is 0 Å². The topological polar surface area (TPSA) is 0 Å². The van der Waals surface area contributed by atoms with E-state index < -0.39 is 30.8 Å². The fourth-order valence-electron chi connectivity index (χ4n) is 6.37. The van der Waals surface area contributed by atoms with Gasteiger partial charge >= 0.3 is 263 Å². The van der Waals surface area contributed by atoms with Crippen molar-refractivity contribution in [3.63, 3.8) is 0 Å². The molecule has 0 nitrogen and oxygen atoms in total. The molecule has 220 valence electrons. The number of benzene rings is 4. The van der Waals surface area contributed by atoms with Gasteiger partial charge in [0.25, 0.3) is 0 Å². The second kappa shape index (κ2) is 15.8. The molecule has 4 aromatic rings. The predicted molar refractivity (Wildman–Crippen MR) is 180 cm³/mol. The molecule has 0 bridgehead atoms. The van der Waals surface area contributed by atoms with Crippen molar-refractivity contribution in [3.05, 3.63) is 142 Å². The summed E-state index contributed by atoms with van der Waals surface area (Å²) in [5.41, 5.74) is 6.21. The first-order valence-electron chi connectivity index (χ1n) is 15.0. The molecule has 0 spiro atoms. The Hall–Kier alpha value is -1.33. The van der Waals surface area contributed by atoms with Gasteiger partial charge in [-0.1, -0.05) is 0 Å². The van der Waals surface area contributed by atoms with E-state index in [-0.39, 0.29) is 32.7 Å². The van der Waals surface area contributed by atoms with E-state index in [9.17, 15) is 0 Å². The van der Waals surface area contributed by atoms with Crippen LogP contribution in [0.3, 0.4) is 0 Å². The van der Waals surface area contributed by atoms with Crippen LogP contribution >= 0.6 is 15.8 Å².